The van der Waals surface area contributed by atoms with Crippen LogP contribution in [0.1, 0.15) is 44.1 Å². The second kappa shape index (κ2) is 9.15. The Labute approximate surface area is 234 Å². The van der Waals surface area contributed by atoms with Crippen LogP contribution in [0.3, 0.4) is 0 Å². The molecule has 7 heteroatoms. The first kappa shape index (κ1) is 24.1. The number of aromatic nitrogens is 1. The molecule has 0 saturated carbocycles. The third-order valence-electron chi connectivity index (χ3n) is 9.67. The highest BCUT2D eigenvalue weighted by molar-refractivity contribution is 6.03. The van der Waals surface area contributed by atoms with Gasteiger partial charge in [0.25, 0.3) is 0 Å². The number of ether oxygens (including phenoxy) is 1. The van der Waals surface area contributed by atoms with Crippen LogP contribution >= 0.6 is 0 Å². The Morgan fingerprint density at radius 3 is 2.67 bits per heavy atom. The van der Waals surface area contributed by atoms with E-state index in [1.807, 2.05) is 24.3 Å². The van der Waals surface area contributed by atoms with Crippen LogP contribution in [0.4, 0.5) is 5.82 Å². The number of benzene rings is 2. The predicted octanol–water partition coefficient (Wildman–Crippen LogP) is 5.28. The molecule has 8 rings (SSSR count). The van der Waals surface area contributed by atoms with E-state index >= 15 is 0 Å². The Balaban J connectivity index is 1.24. The molecule has 0 spiro atoms. The highest BCUT2D eigenvalue weighted by Crippen LogP contribution is 2.42. The first-order chi connectivity index (χ1) is 19.6. The molecule has 4 fully saturated rings. The molecule has 2 aromatic heterocycles. The molecule has 2 N–H and O–H groups in total. The lowest BCUT2D eigenvalue weighted by Crippen LogP contribution is -2.51. The van der Waals surface area contributed by atoms with Gasteiger partial charge in [-0.05, 0) is 81.3 Å². The van der Waals surface area contributed by atoms with Crippen LogP contribution in [0.15, 0.2) is 46.9 Å². The molecule has 4 saturated heterocycles. The van der Waals surface area contributed by atoms with Crippen molar-refractivity contribution in [2.75, 3.05) is 37.7 Å². The van der Waals surface area contributed by atoms with Gasteiger partial charge in [-0.15, -0.1) is 6.42 Å². The summed E-state index contributed by atoms with van der Waals surface area (Å²) in [6, 6.07) is 14.2. The van der Waals surface area contributed by atoms with Gasteiger partial charge in [-0.25, -0.2) is 0 Å². The Kier molecular flexibility index (Phi) is 5.51. The molecule has 4 aliphatic rings. The van der Waals surface area contributed by atoms with Gasteiger partial charge >= 0.3 is 0 Å². The number of fused-ring (bicyclic) bond motifs is 5. The number of anilines is 1. The van der Waals surface area contributed by atoms with Crippen molar-refractivity contribution in [3.05, 3.63) is 48.0 Å². The van der Waals surface area contributed by atoms with Crippen LogP contribution in [0, 0.1) is 12.3 Å². The molecule has 0 radical (unpaired) electrons. The summed E-state index contributed by atoms with van der Waals surface area (Å²) < 4.78 is 13.1. The maximum atomic E-state index is 10.6. The van der Waals surface area contributed by atoms with Gasteiger partial charge < -0.3 is 24.5 Å². The average molecular weight is 535 g/mol. The molecular weight excluding hydrogens is 500 g/mol. The molecule has 2 atom stereocenters. The van der Waals surface area contributed by atoms with Crippen LogP contribution in [0.2, 0.25) is 0 Å². The van der Waals surface area contributed by atoms with E-state index in [4.69, 9.17) is 20.6 Å². The lowest BCUT2D eigenvalue weighted by Gasteiger charge is -2.34. The van der Waals surface area contributed by atoms with Crippen molar-refractivity contribution in [1.82, 2.24) is 15.2 Å². The monoisotopic (exact) mass is 534 g/mol. The summed E-state index contributed by atoms with van der Waals surface area (Å²) >= 11 is 0. The smallest absolute Gasteiger partial charge is 0.219 e. The van der Waals surface area contributed by atoms with Crippen molar-refractivity contribution in [2.45, 2.75) is 56.1 Å². The molecule has 4 aliphatic heterocycles. The molecule has 7 nitrogen and oxygen atoms in total. The van der Waals surface area contributed by atoms with Gasteiger partial charge in [0.1, 0.15) is 29.5 Å². The van der Waals surface area contributed by atoms with Gasteiger partial charge in [-0.3, -0.25) is 4.90 Å². The van der Waals surface area contributed by atoms with E-state index in [0.29, 0.717) is 30.3 Å². The van der Waals surface area contributed by atoms with Crippen molar-refractivity contribution in [1.29, 1.82) is 0 Å². The number of phenolic OH excluding ortho intramolecular Hbond substituents is 1. The van der Waals surface area contributed by atoms with Crippen LogP contribution in [-0.2, 0) is 0 Å². The summed E-state index contributed by atoms with van der Waals surface area (Å²) in [7, 11) is 0. The van der Waals surface area contributed by atoms with E-state index in [-0.39, 0.29) is 11.3 Å². The number of rotatable bonds is 5. The normalized spacial score (nSPS) is 23.6. The van der Waals surface area contributed by atoms with Crippen LogP contribution in [0.25, 0.3) is 33.1 Å². The lowest BCUT2D eigenvalue weighted by molar-refractivity contribution is 0.111. The standard InChI is InChI=1S/C33H34N4O3/c1-2-21-6-3-7-22-14-25(38)15-26(31(21)22)28-16-27-29(40-28)17-30(39-20-33-10-4-12-37(33)13-5-11-33)35-32(27)36-18-23-8-9-24(19-36)34-23/h1,3,6-7,14-17,23-24,34,38H,4-5,8-13,18-20H2. The van der Waals surface area contributed by atoms with Crippen molar-refractivity contribution in [3.8, 4) is 35.3 Å². The van der Waals surface area contributed by atoms with E-state index in [0.717, 1.165) is 51.8 Å². The summed E-state index contributed by atoms with van der Waals surface area (Å²) in [5.41, 5.74) is 2.43. The lowest BCUT2D eigenvalue weighted by atomic mass is 9.95. The molecule has 2 bridgehead atoms. The second-order valence-electron chi connectivity index (χ2n) is 12.1. The van der Waals surface area contributed by atoms with Crippen molar-refractivity contribution < 1.29 is 14.3 Å². The van der Waals surface area contributed by atoms with Crippen molar-refractivity contribution in [2.24, 2.45) is 0 Å². The third kappa shape index (κ3) is 3.85. The summed E-state index contributed by atoms with van der Waals surface area (Å²) in [6.07, 6.45) is 13.1. The van der Waals surface area contributed by atoms with Gasteiger partial charge in [-0.2, -0.15) is 4.98 Å². The van der Waals surface area contributed by atoms with Crippen molar-refractivity contribution >= 4 is 27.6 Å². The van der Waals surface area contributed by atoms with E-state index in [2.05, 4.69) is 27.1 Å². The quantitative estimate of drug-likeness (QED) is 0.338. The molecule has 40 heavy (non-hydrogen) atoms. The first-order valence-corrected chi connectivity index (χ1v) is 14.6. The largest absolute Gasteiger partial charge is 0.508 e. The molecule has 6 heterocycles. The van der Waals surface area contributed by atoms with Crippen LogP contribution in [-0.4, -0.2) is 65.4 Å². The Hall–Kier alpha value is -3.73. The van der Waals surface area contributed by atoms with E-state index in [1.54, 1.807) is 12.1 Å². The minimum atomic E-state index is 0.144. The fourth-order valence-corrected chi connectivity index (χ4v) is 7.81. The molecular formula is C33H34N4O3. The zero-order valence-corrected chi connectivity index (χ0v) is 22.7. The first-order valence-electron chi connectivity index (χ1n) is 14.6. The van der Waals surface area contributed by atoms with Gasteiger partial charge in [0.15, 0.2) is 0 Å². The molecule has 0 aliphatic carbocycles. The summed E-state index contributed by atoms with van der Waals surface area (Å²) in [4.78, 5) is 10.1. The highest BCUT2D eigenvalue weighted by atomic mass is 16.5. The van der Waals surface area contributed by atoms with Gasteiger partial charge in [0, 0.05) is 47.8 Å². The average Bonchev–Trinajstić information content (AvgIpc) is 3.73. The number of phenols is 1. The molecule has 0 amide bonds. The number of hydrogen-bond donors (Lipinski definition) is 2. The summed E-state index contributed by atoms with van der Waals surface area (Å²) in [6.45, 7) is 4.83. The molecule has 2 aromatic carbocycles. The maximum absolute atomic E-state index is 10.6. The van der Waals surface area contributed by atoms with Crippen LogP contribution in [0.5, 0.6) is 11.6 Å². The number of terminal acetylenes is 1. The summed E-state index contributed by atoms with van der Waals surface area (Å²) in [5.74, 6) is 5.17. The number of aromatic hydroxyl groups is 1. The van der Waals surface area contributed by atoms with Gasteiger partial charge in [-0.1, -0.05) is 18.1 Å². The second-order valence-corrected chi connectivity index (χ2v) is 12.1. The van der Waals surface area contributed by atoms with Gasteiger partial charge in [0.05, 0.1) is 10.9 Å². The van der Waals surface area contributed by atoms with E-state index in [1.165, 1.54) is 51.6 Å². The number of pyridine rings is 1. The highest BCUT2D eigenvalue weighted by Gasteiger charge is 2.45. The van der Waals surface area contributed by atoms with Gasteiger partial charge in [0.2, 0.25) is 5.88 Å². The summed E-state index contributed by atoms with van der Waals surface area (Å²) in [5, 5.41) is 17.0. The SMILES string of the molecule is C#Cc1cccc2cc(O)cc(-c3cc4c(N5CC6CCC(C5)N6)nc(OCC56CCCN5CCC6)cc4o3)c12. The topological polar surface area (TPSA) is 74.0 Å². The van der Waals surface area contributed by atoms with E-state index < -0.39 is 0 Å². The predicted molar refractivity (Wildman–Crippen MR) is 157 cm³/mol. The number of hydrogen-bond acceptors (Lipinski definition) is 7. The van der Waals surface area contributed by atoms with Crippen LogP contribution < -0.4 is 15.0 Å². The molecule has 4 aromatic rings. The fraction of sp³-hybridized carbons (Fsp3) is 0.424. The Bertz CT molecular complexity index is 1650. The Morgan fingerprint density at radius 2 is 1.90 bits per heavy atom. The minimum Gasteiger partial charge on any atom is -0.508 e. The number of furan rings is 1. The van der Waals surface area contributed by atoms with Crippen molar-refractivity contribution in [3.63, 3.8) is 0 Å². The molecule has 2 unspecified atom stereocenters. The fourth-order valence-electron chi connectivity index (χ4n) is 7.81. The zero-order valence-electron chi connectivity index (χ0n) is 22.7. The minimum absolute atomic E-state index is 0.144. The van der Waals surface area contributed by atoms with E-state index in [9.17, 15) is 5.11 Å². The number of nitrogens with zero attached hydrogens (tertiary/aromatic N) is 3. The number of nitrogens with one attached hydrogen (secondary N) is 1. The third-order valence-corrected chi connectivity index (χ3v) is 9.67. The Morgan fingerprint density at radius 1 is 1.10 bits per heavy atom. The molecule has 204 valence electrons. The number of piperazine rings is 1. The zero-order chi connectivity index (χ0) is 26.8. The maximum Gasteiger partial charge on any atom is 0.219 e.